The molecule has 0 bridgehead atoms. The second kappa shape index (κ2) is 9.00. The van der Waals surface area contributed by atoms with Gasteiger partial charge in [0.1, 0.15) is 12.1 Å². The number of methoxy groups -OCH3 is 1. The van der Waals surface area contributed by atoms with Crippen LogP contribution in [0.1, 0.15) is 18.5 Å². The first-order valence-electron chi connectivity index (χ1n) is 9.59. The molecule has 7 heteroatoms. The molecule has 0 saturated heterocycles. The summed E-state index contributed by atoms with van der Waals surface area (Å²) in [5.74, 6) is 0.986. The number of aromatic nitrogens is 3. The van der Waals surface area contributed by atoms with E-state index in [0.29, 0.717) is 5.16 Å². The van der Waals surface area contributed by atoms with Crippen molar-refractivity contribution in [2.75, 3.05) is 12.9 Å². The molecule has 0 fully saturated rings. The molecule has 4 rings (SSSR count). The largest absolute Gasteiger partial charge is 0.497 e. The van der Waals surface area contributed by atoms with Crippen LogP contribution in [0.3, 0.4) is 0 Å². The van der Waals surface area contributed by atoms with E-state index in [9.17, 15) is 4.79 Å². The van der Waals surface area contributed by atoms with Gasteiger partial charge in [0, 0.05) is 5.69 Å². The molecule has 1 aromatic heterocycles. The Morgan fingerprint density at radius 3 is 2.63 bits per heavy atom. The number of nitrogens with zero attached hydrogens (tertiary/aromatic N) is 3. The first kappa shape index (κ1) is 20.0. The highest BCUT2D eigenvalue weighted by Gasteiger charge is 2.13. The third-order valence-electron chi connectivity index (χ3n) is 4.85. The molecular formula is C23H22N4O2S. The van der Waals surface area contributed by atoms with Gasteiger partial charge >= 0.3 is 0 Å². The average molecular weight is 419 g/mol. The number of amides is 1. The molecule has 0 saturated carbocycles. The molecule has 30 heavy (non-hydrogen) atoms. The van der Waals surface area contributed by atoms with Gasteiger partial charge in [0.05, 0.1) is 18.9 Å². The molecule has 6 nitrogen and oxygen atoms in total. The van der Waals surface area contributed by atoms with Gasteiger partial charge in [-0.25, -0.2) is 0 Å². The fourth-order valence-electron chi connectivity index (χ4n) is 3.22. The van der Waals surface area contributed by atoms with Crippen LogP contribution in [0.5, 0.6) is 5.75 Å². The Labute approximate surface area is 179 Å². The quantitative estimate of drug-likeness (QED) is 0.451. The van der Waals surface area contributed by atoms with Gasteiger partial charge in [0.25, 0.3) is 0 Å². The molecule has 0 aliphatic heterocycles. The summed E-state index contributed by atoms with van der Waals surface area (Å²) < 4.78 is 7.05. The van der Waals surface area contributed by atoms with E-state index >= 15 is 0 Å². The number of hydrogen-bond acceptors (Lipinski definition) is 5. The monoisotopic (exact) mass is 418 g/mol. The summed E-state index contributed by atoms with van der Waals surface area (Å²) >= 11 is 1.35. The molecule has 0 aliphatic carbocycles. The molecule has 0 radical (unpaired) electrons. The van der Waals surface area contributed by atoms with E-state index in [0.717, 1.165) is 22.4 Å². The van der Waals surface area contributed by atoms with Gasteiger partial charge in [-0.2, -0.15) is 0 Å². The van der Waals surface area contributed by atoms with E-state index in [1.807, 2.05) is 47.9 Å². The first-order chi connectivity index (χ1) is 14.6. The van der Waals surface area contributed by atoms with E-state index < -0.39 is 0 Å². The Morgan fingerprint density at radius 2 is 1.87 bits per heavy atom. The third-order valence-corrected chi connectivity index (χ3v) is 5.79. The Kier molecular flexibility index (Phi) is 5.99. The fraction of sp³-hybridized carbons (Fsp3) is 0.174. The summed E-state index contributed by atoms with van der Waals surface area (Å²) in [6.45, 7) is 1.99. The molecule has 0 spiro atoms. The molecule has 0 aliphatic rings. The van der Waals surface area contributed by atoms with Crippen LogP contribution < -0.4 is 10.1 Å². The number of ether oxygens (including phenoxy) is 1. The van der Waals surface area contributed by atoms with Gasteiger partial charge in [-0.1, -0.05) is 48.2 Å². The molecule has 3 aromatic carbocycles. The maximum absolute atomic E-state index is 12.5. The normalized spacial score (nSPS) is 11.9. The molecular weight excluding hydrogens is 396 g/mol. The van der Waals surface area contributed by atoms with Crippen molar-refractivity contribution in [3.8, 4) is 11.4 Å². The van der Waals surface area contributed by atoms with E-state index in [-0.39, 0.29) is 17.7 Å². The van der Waals surface area contributed by atoms with Crippen molar-refractivity contribution in [3.05, 3.63) is 78.6 Å². The molecule has 1 amide bonds. The highest BCUT2D eigenvalue weighted by atomic mass is 32.2. The minimum absolute atomic E-state index is 0.0510. The molecule has 1 heterocycles. The van der Waals surface area contributed by atoms with Gasteiger partial charge in [-0.15, -0.1) is 10.2 Å². The molecule has 4 aromatic rings. The SMILES string of the molecule is COc1ccc(-n2cnnc2SCC(=O)NC(C)c2ccc3ccccc3c2)cc1. The number of benzene rings is 3. The lowest BCUT2D eigenvalue weighted by Crippen LogP contribution is -2.28. The van der Waals surface area contributed by atoms with Crippen molar-refractivity contribution in [3.63, 3.8) is 0 Å². The lowest BCUT2D eigenvalue weighted by atomic mass is 10.0. The highest BCUT2D eigenvalue weighted by Crippen LogP contribution is 2.23. The number of carbonyl (C=O) groups excluding carboxylic acids is 1. The van der Waals surface area contributed by atoms with Gasteiger partial charge in [-0.05, 0) is 53.6 Å². The number of thioether (sulfide) groups is 1. The predicted octanol–water partition coefficient (Wildman–Crippen LogP) is 4.40. The minimum atomic E-state index is -0.0813. The Hall–Kier alpha value is -3.32. The zero-order valence-corrected chi connectivity index (χ0v) is 17.6. The highest BCUT2D eigenvalue weighted by molar-refractivity contribution is 7.99. The van der Waals surface area contributed by atoms with Crippen molar-refractivity contribution in [2.45, 2.75) is 18.1 Å². The summed E-state index contributed by atoms with van der Waals surface area (Å²) in [4.78, 5) is 12.5. The summed E-state index contributed by atoms with van der Waals surface area (Å²) in [6, 6.07) is 22.0. The van der Waals surface area contributed by atoms with Gasteiger partial charge < -0.3 is 10.1 Å². The molecule has 1 atom stereocenters. The van der Waals surface area contributed by atoms with Crippen molar-refractivity contribution >= 4 is 28.4 Å². The van der Waals surface area contributed by atoms with Crippen LogP contribution in [0.15, 0.2) is 78.2 Å². The predicted molar refractivity (Wildman–Crippen MR) is 119 cm³/mol. The topological polar surface area (TPSA) is 69.0 Å². The van der Waals surface area contributed by atoms with E-state index in [2.05, 4.69) is 45.8 Å². The maximum atomic E-state index is 12.5. The van der Waals surface area contributed by atoms with Crippen LogP contribution in [0.25, 0.3) is 16.5 Å². The van der Waals surface area contributed by atoms with Crippen molar-refractivity contribution in [2.24, 2.45) is 0 Å². The Bertz CT molecular complexity index is 1160. The second-order valence-electron chi connectivity index (χ2n) is 6.87. The van der Waals surface area contributed by atoms with Crippen LogP contribution in [-0.2, 0) is 4.79 Å². The number of rotatable bonds is 7. The van der Waals surface area contributed by atoms with E-state index in [1.54, 1.807) is 13.4 Å². The van der Waals surface area contributed by atoms with Crippen molar-refractivity contribution in [1.29, 1.82) is 0 Å². The molecule has 152 valence electrons. The molecule has 1 unspecified atom stereocenters. The van der Waals surface area contributed by atoms with Crippen LogP contribution in [0.4, 0.5) is 0 Å². The average Bonchev–Trinajstić information content (AvgIpc) is 3.26. The van der Waals surface area contributed by atoms with E-state index in [1.165, 1.54) is 17.1 Å². The van der Waals surface area contributed by atoms with Crippen LogP contribution in [-0.4, -0.2) is 33.5 Å². The summed E-state index contributed by atoms with van der Waals surface area (Å²) in [5, 5.41) is 14.2. The Morgan fingerprint density at radius 1 is 1.10 bits per heavy atom. The smallest absolute Gasteiger partial charge is 0.230 e. The van der Waals surface area contributed by atoms with E-state index in [4.69, 9.17) is 4.74 Å². The third kappa shape index (κ3) is 4.46. The summed E-state index contributed by atoms with van der Waals surface area (Å²) in [7, 11) is 1.63. The van der Waals surface area contributed by atoms with Gasteiger partial charge in [0.2, 0.25) is 5.91 Å². The lowest BCUT2D eigenvalue weighted by Gasteiger charge is -2.15. The number of hydrogen-bond donors (Lipinski definition) is 1. The number of nitrogens with one attached hydrogen (secondary N) is 1. The van der Waals surface area contributed by atoms with Crippen LogP contribution >= 0.6 is 11.8 Å². The zero-order chi connectivity index (χ0) is 20.9. The second-order valence-corrected chi connectivity index (χ2v) is 7.81. The summed E-state index contributed by atoms with van der Waals surface area (Å²) in [5.41, 5.74) is 1.99. The summed E-state index contributed by atoms with van der Waals surface area (Å²) in [6.07, 6.45) is 1.64. The minimum Gasteiger partial charge on any atom is -0.497 e. The van der Waals surface area contributed by atoms with Crippen LogP contribution in [0.2, 0.25) is 0 Å². The first-order valence-corrected chi connectivity index (χ1v) is 10.6. The van der Waals surface area contributed by atoms with Crippen LogP contribution in [0, 0.1) is 0 Å². The van der Waals surface area contributed by atoms with Gasteiger partial charge in [0.15, 0.2) is 5.16 Å². The van der Waals surface area contributed by atoms with Gasteiger partial charge in [-0.3, -0.25) is 9.36 Å². The fourth-order valence-corrected chi connectivity index (χ4v) is 3.96. The lowest BCUT2D eigenvalue weighted by molar-refractivity contribution is -0.119. The van der Waals surface area contributed by atoms with Crippen molar-refractivity contribution in [1.82, 2.24) is 20.1 Å². The maximum Gasteiger partial charge on any atom is 0.230 e. The van der Waals surface area contributed by atoms with Crippen molar-refractivity contribution < 1.29 is 9.53 Å². The number of fused-ring (bicyclic) bond motifs is 1. The standard InChI is InChI=1S/C23H22N4O2S/c1-16(18-8-7-17-5-3-4-6-19(17)13-18)25-22(28)14-30-23-26-24-15-27(23)20-9-11-21(29-2)12-10-20/h3-13,15-16H,14H2,1-2H3,(H,25,28). The molecule has 1 N–H and O–H groups in total. The zero-order valence-electron chi connectivity index (χ0n) is 16.8. The number of carbonyl (C=O) groups is 1. The Balaban J connectivity index is 1.38.